The lowest BCUT2D eigenvalue weighted by Gasteiger charge is -2.36. The Hall–Kier alpha value is -2.48. The Morgan fingerprint density at radius 3 is 2.63 bits per heavy atom. The molecular formula is C21H24Cl2N6O. The molecule has 0 spiro atoms. The summed E-state index contributed by atoms with van der Waals surface area (Å²) in [6.45, 7) is 6.35. The van der Waals surface area contributed by atoms with Gasteiger partial charge in [-0.1, -0.05) is 17.7 Å². The maximum absolute atomic E-state index is 12.7. The quantitative estimate of drug-likeness (QED) is 0.540. The van der Waals surface area contributed by atoms with E-state index in [9.17, 15) is 4.79 Å². The van der Waals surface area contributed by atoms with Crippen LogP contribution in [0.5, 0.6) is 0 Å². The zero-order chi connectivity index (χ0) is 20.2. The van der Waals surface area contributed by atoms with Crippen LogP contribution in [0.15, 0.2) is 49.1 Å². The Morgan fingerprint density at radius 1 is 1.13 bits per heavy atom. The molecule has 1 aromatic carbocycles. The van der Waals surface area contributed by atoms with E-state index in [1.54, 1.807) is 29.5 Å². The Balaban J connectivity index is 0.00000256. The Morgan fingerprint density at radius 2 is 1.93 bits per heavy atom. The standard InChI is InChI=1S/C21H23ClN6O.ClH/c1-16-19(14-25-28(16)21-15-23-6-7-24-21)20(29)5-8-26-9-11-27(12-10-26)18-4-2-3-17(22)13-18;/h2-4,6-7,13-15H,5,8-12H2,1H3;1H. The van der Waals surface area contributed by atoms with Gasteiger partial charge < -0.3 is 4.90 Å². The first-order valence-electron chi connectivity index (χ1n) is 9.69. The minimum Gasteiger partial charge on any atom is -0.369 e. The zero-order valence-electron chi connectivity index (χ0n) is 16.7. The number of piperazine rings is 1. The van der Waals surface area contributed by atoms with Crippen molar-refractivity contribution in [2.45, 2.75) is 13.3 Å². The van der Waals surface area contributed by atoms with Crippen LogP contribution in [0.4, 0.5) is 5.69 Å². The number of aromatic nitrogens is 4. The SMILES string of the molecule is Cc1c(C(=O)CCN2CCN(c3cccc(Cl)c3)CC2)cnn1-c1cnccn1.Cl. The van der Waals surface area contributed by atoms with Crippen molar-refractivity contribution in [3.05, 3.63) is 65.3 Å². The highest BCUT2D eigenvalue weighted by Crippen LogP contribution is 2.21. The number of carbonyl (C=O) groups excluding carboxylic acids is 1. The minimum absolute atomic E-state index is 0. The molecule has 4 rings (SSSR count). The molecule has 2 aromatic heterocycles. The minimum atomic E-state index is 0. The third kappa shape index (κ3) is 4.98. The monoisotopic (exact) mass is 446 g/mol. The van der Waals surface area contributed by atoms with Gasteiger partial charge in [0, 0.05) is 62.2 Å². The molecule has 0 aliphatic carbocycles. The second-order valence-electron chi connectivity index (χ2n) is 7.10. The number of anilines is 1. The summed E-state index contributed by atoms with van der Waals surface area (Å²) < 4.78 is 1.66. The molecule has 9 heteroatoms. The maximum atomic E-state index is 12.7. The van der Waals surface area contributed by atoms with Crippen LogP contribution in [-0.2, 0) is 0 Å². The zero-order valence-corrected chi connectivity index (χ0v) is 18.3. The van der Waals surface area contributed by atoms with E-state index in [0.29, 0.717) is 17.8 Å². The summed E-state index contributed by atoms with van der Waals surface area (Å²) in [6, 6.07) is 7.95. The molecule has 0 saturated carbocycles. The van der Waals surface area contributed by atoms with Crippen LogP contribution in [0.25, 0.3) is 5.82 Å². The Bertz CT molecular complexity index is 986. The molecule has 1 aliphatic heterocycles. The Kier molecular flexibility index (Phi) is 7.42. The average Bonchev–Trinajstić information content (AvgIpc) is 3.14. The molecule has 0 N–H and O–H groups in total. The highest BCUT2D eigenvalue weighted by Gasteiger charge is 2.20. The van der Waals surface area contributed by atoms with Gasteiger partial charge >= 0.3 is 0 Å². The molecule has 0 bridgehead atoms. The number of carbonyl (C=O) groups is 1. The highest BCUT2D eigenvalue weighted by atomic mass is 35.5. The lowest BCUT2D eigenvalue weighted by atomic mass is 10.1. The summed E-state index contributed by atoms with van der Waals surface area (Å²) in [4.78, 5) is 25.7. The van der Waals surface area contributed by atoms with E-state index in [2.05, 4.69) is 30.9 Å². The first-order valence-corrected chi connectivity index (χ1v) is 10.1. The molecule has 1 aliphatic rings. The van der Waals surface area contributed by atoms with Crippen LogP contribution < -0.4 is 4.90 Å². The average molecular weight is 447 g/mol. The van der Waals surface area contributed by atoms with Crippen molar-refractivity contribution < 1.29 is 4.79 Å². The fraction of sp³-hybridized carbons (Fsp3) is 0.333. The molecule has 0 atom stereocenters. The van der Waals surface area contributed by atoms with Gasteiger partial charge in [-0.25, -0.2) is 9.67 Å². The van der Waals surface area contributed by atoms with E-state index >= 15 is 0 Å². The first-order chi connectivity index (χ1) is 14.1. The number of nitrogens with zero attached hydrogens (tertiary/aromatic N) is 6. The molecule has 158 valence electrons. The molecule has 3 aromatic rings. The van der Waals surface area contributed by atoms with Gasteiger partial charge in [0.05, 0.1) is 23.7 Å². The lowest BCUT2D eigenvalue weighted by molar-refractivity contribution is 0.0962. The number of ketones is 1. The van der Waals surface area contributed by atoms with Gasteiger partial charge in [-0.2, -0.15) is 5.10 Å². The van der Waals surface area contributed by atoms with Gasteiger partial charge in [-0.05, 0) is 25.1 Å². The number of hydrogen-bond donors (Lipinski definition) is 0. The number of hydrogen-bond acceptors (Lipinski definition) is 6. The van der Waals surface area contributed by atoms with E-state index in [0.717, 1.165) is 49.1 Å². The topological polar surface area (TPSA) is 67.2 Å². The van der Waals surface area contributed by atoms with Crippen molar-refractivity contribution in [2.24, 2.45) is 0 Å². The third-order valence-electron chi connectivity index (χ3n) is 5.28. The molecule has 1 saturated heterocycles. The second-order valence-corrected chi connectivity index (χ2v) is 7.54. The molecule has 0 amide bonds. The van der Waals surface area contributed by atoms with Crippen molar-refractivity contribution in [1.82, 2.24) is 24.6 Å². The summed E-state index contributed by atoms with van der Waals surface area (Å²) in [5, 5.41) is 5.07. The molecule has 0 unspecified atom stereocenters. The molecule has 7 nitrogen and oxygen atoms in total. The van der Waals surface area contributed by atoms with E-state index in [-0.39, 0.29) is 18.2 Å². The largest absolute Gasteiger partial charge is 0.369 e. The molecule has 30 heavy (non-hydrogen) atoms. The molecule has 0 radical (unpaired) electrons. The first kappa shape index (κ1) is 22.2. The molecule has 3 heterocycles. The lowest BCUT2D eigenvalue weighted by Crippen LogP contribution is -2.46. The number of rotatable bonds is 6. The van der Waals surface area contributed by atoms with Crippen LogP contribution in [0.1, 0.15) is 22.5 Å². The summed E-state index contributed by atoms with van der Waals surface area (Å²) in [7, 11) is 0. The van der Waals surface area contributed by atoms with Gasteiger partial charge in [0.2, 0.25) is 0 Å². The maximum Gasteiger partial charge on any atom is 0.172 e. The van der Waals surface area contributed by atoms with Crippen molar-refractivity contribution in [1.29, 1.82) is 0 Å². The third-order valence-corrected chi connectivity index (χ3v) is 5.51. The van der Waals surface area contributed by atoms with Gasteiger partial charge in [0.1, 0.15) is 0 Å². The Labute approximate surface area is 187 Å². The molecular weight excluding hydrogens is 423 g/mol. The van der Waals surface area contributed by atoms with E-state index in [4.69, 9.17) is 11.6 Å². The van der Waals surface area contributed by atoms with Crippen molar-refractivity contribution in [2.75, 3.05) is 37.6 Å². The van der Waals surface area contributed by atoms with Crippen LogP contribution in [0.2, 0.25) is 5.02 Å². The highest BCUT2D eigenvalue weighted by molar-refractivity contribution is 6.30. The number of benzene rings is 1. The summed E-state index contributed by atoms with van der Waals surface area (Å²) in [5.41, 5.74) is 2.59. The van der Waals surface area contributed by atoms with E-state index in [1.165, 1.54) is 0 Å². The van der Waals surface area contributed by atoms with E-state index in [1.807, 2.05) is 25.1 Å². The van der Waals surface area contributed by atoms with Gasteiger partial charge in [0.15, 0.2) is 11.6 Å². The smallest absolute Gasteiger partial charge is 0.172 e. The van der Waals surface area contributed by atoms with Crippen molar-refractivity contribution in [3.63, 3.8) is 0 Å². The predicted octanol–water partition coefficient (Wildman–Crippen LogP) is 3.44. The van der Waals surface area contributed by atoms with Crippen molar-refractivity contribution in [3.8, 4) is 5.82 Å². The second kappa shape index (κ2) is 10.0. The van der Waals surface area contributed by atoms with Crippen LogP contribution in [-0.4, -0.2) is 63.2 Å². The van der Waals surface area contributed by atoms with Crippen LogP contribution in [0, 0.1) is 6.92 Å². The van der Waals surface area contributed by atoms with Gasteiger partial charge in [-0.15, -0.1) is 12.4 Å². The summed E-state index contributed by atoms with van der Waals surface area (Å²) >= 11 is 6.10. The predicted molar refractivity (Wildman–Crippen MR) is 120 cm³/mol. The summed E-state index contributed by atoms with van der Waals surface area (Å²) in [5.74, 6) is 0.719. The van der Waals surface area contributed by atoms with Gasteiger partial charge in [-0.3, -0.25) is 14.7 Å². The van der Waals surface area contributed by atoms with Crippen molar-refractivity contribution >= 4 is 35.5 Å². The normalized spacial score (nSPS) is 14.4. The number of halogens is 2. The van der Waals surface area contributed by atoms with Crippen LogP contribution >= 0.6 is 24.0 Å². The molecule has 1 fully saturated rings. The summed E-state index contributed by atoms with van der Waals surface area (Å²) in [6.07, 6.45) is 6.96. The van der Waals surface area contributed by atoms with Crippen LogP contribution in [0.3, 0.4) is 0 Å². The fourth-order valence-electron chi connectivity index (χ4n) is 3.61. The fourth-order valence-corrected chi connectivity index (χ4v) is 3.80. The van der Waals surface area contributed by atoms with E-state index < -0.39 is 0 Å². The van der Waals surface area contributed by atoms with Gasteiger partial charge in [0.25, 0.3) is 0 Å². The number of Topliss-reactive ketones (excluding diaryl/α,β-unsaturated/α-hetero) is 1.